The van der Waals surface area contributed by atoms with E-state index < -0.39 is 0 Å². The normalized spacial score (nSPS) is 17.6. The first kappa shape index (κ1) is 18.1. The molecule has 0 spiro atoms. The van der Waals surface area contributed by atoms with Gasteiger partial charge in [0.2, 0.25) is 0 Å². The molecule has 3 aromatic rings. The summed E-state index contributed by atoms with van der Waals surface area (Å²) in [6, 6.07) is 15.4. The average molecular weight is 384 g/mol. The van der Waals surface area contributed by atoms with Crippen LogP contribution < -0.4 is 10.1 Å². The molecular formula is C22H22ClNO3. The Kier molecular flexibility index (Phi) is 5.46. The van der Waals surface area contributed by atoms with Gasteiger partial charge in [0.25, 0.3) is 0 Å². The van der Waals surface area contributed by atoms with E-state index in [0.29, 0.717) is 18.2 Å². The van der Waals surface area contributed by atoms with Crippen molar-refractivity contribution >= 4 is 22.6 Å². The highest BCUT2D eigenvalue weighted by molar-refractivity contribution is 6.30. The van der Waals surface area contributed by atoms with Crippen molar-refractivity contribution < 1.29 is 13.9 Å². The standard InChI is InChI=1S/C22H22ClNO3/c1-2-25-17-9-10-21-19(12-17)20(24-14-18-4-3-11-26-18)13-22(27-21)15-5-7-16(23)8-6-15/h5-10,12-13,18H,2-4,11,14H2,1H3. The molecule has 0 N–H and O–H groups in total. The summed E-state index contributed by atoms with van der Waals surface area (Å²) in [6.45, 7) is 4.07. The maximum atomic E-state index is 6.14. The highest BCUT2D eigenvalue weighted by Crippen LogP contribution is 2.26. The van der Waals surface area contributed by atoms with Crippen molar-refractivity contribution in [2.24, 2.45) is 4.99 Å². The molecule has 1 atom stereocenters. The van der Waals surface area contributed by atoms with Gasteiger partial charge in [0.15, 0.2) is 0 Å². The average Bonchev–Trinajstić information content (AvgIpc) is 3.20. The van der Waals surface area contributed by atoms with Gasteiger partial charge in [-0.3, -0.25) is 4.99 Å². The van der Waals surface area contributed by atoms with Crippen LogP contribution in [0.2, 0.25) is 5.02 Å². The summed E-state index contributed by atoms with van der Waals surface area (Å²) in [5.74, 6) is 1.57. The van der Waals surface area contributed by atoms with Gasteiger partial charge in [-0.15, -0.1) is 0 Å². The number of halogens is 1. The molecule has 1 saturated heterocycles. The number of benzene rings is 2. The highest BCUT2D eigenvalue weighted by atomic mass is 35.5. The van der Waals surface area contributed by atoms with E-state index in [4.69, 9.17) is 30.5 Å². The monoisotopic (exact) mass is 383 g/mol. The van der Waals surface area contributed by atoms with E-state index in [9.17, 15) is 0 Å². The van der Waals surface area contributed by atoms with Crippen molar-refractivity contribution in [3.63, 3.8) is 0 Å². The predicted molar refractivity (Wildman–Crippen MR) is 107 cm³/mol. The van der Waals surface area contributed by atoms with Crippen LogP contribution in [0.4, 0.5) is 0 Å². The molecule has 1 unspecified atom stereocenters. The Morgan fingerprint density at radius 1 is 1.15 bits per heavy atom. The zero-order valence-corrected chi connectivity index (χ0v) is 16.0. The summed E-state index contributed by atoms with van der Waals surface area (Å²) in [5.41, 5.74) is 1.74. The van der Waals surface area contributed by atoms with Crippen molar-refractivity contribution in [2.75, 3.05) is 19.8 Å². The van der Waals surface area contributed by atoms with Crippen molar-refractivity contribution in [1.82, 2.24) is 0 Å². The molecule has 0 bridgehead atoms. The lowest BCUT2D eigenvalue weighted by Gasteiger charge is -2.09. The largest absolute Gasteiger partial charge is 0.494 e. The summed E-state index contributed by atoms with van der Waals surface area (Å²) in [7, 11) is 0. The van der Waals surface area contributed by atoms with E-state index in [2.05, 4.69) is 0 Å². The van der Waals surface area contributed by atoms with Gasteiger partial charge in [0.1, 0.15) is 17.1 Å². The maximum absolute atomic E-state index is 6.14. The second kappa shape index (κ2) is 8.15. The van der Waals surface area contributed by atoms with E-state index in [-0.39, 0.29) is 6.10 Å². The van der Waals surface area contributed by atoms with Crippen molar-refractivity contribution in [2.45, 2.75) is 25.9 Å². The third kappa shape index (κ3) is 4.18. The van der Waals surface area contributed by atoms with Gasteiger partial charge in [-0.05, 0) is 62.2 Å². The van der Waals surface area contributed by atoms with Crippen LogP contribution in [0.3, 0.4) is 0 Å². The van der Waals surface area contributed by atoms with Crippen LogP contribution in [-0.4, -0.2) is 25.9 Å². The van der Waals surface area contributed by atoms with Crippen LogP contribution in [0.5, 0.6) is 5.75 Å². The van der Waals surface area contributed by atoms with Crippen LogP contribution >= 0.6 is 11.6 Å². The Morgan fingerprint density at radius 3 is 2.74 bits per heavy atom. The molecule has 2 aromatic carbocycles. The van der Waals surface area contributed by atoms with E-state index in [0.717, 1.165) is 52.8 Å². The zero-order chi connectivity index (χ0) is 18.6. The lowest BCUT2D eigenvalue weighted by Crippen LogP contribution is -2.13. The zero-order valence-electron chi connectivity index (χ0n) is 15.3. The quantitative estimate of drug-likeness (QED) is 0.605. The molecule has 2 heterocycles. The maximum Gasteiger partial charge on any atom is 0.137 e. The first-order valence-electron chi connectivity index (χ1n) is 9.31. The van der Waals surface area contributed by atoms with Gasteiger partial charge in [-0.2, -0.15) is 0 Å². The van der Waals surface area contributed by atoms with Gasteiger partial charge >= 0.3 is 0 Å². The van der Waals surface area contributed by atoms with Crippen molar-refractivity contribution in [1.29, 1.82) is 0 Å². The Hall–Kier alpha value is -2.30. The fourth-order valence-electron chi connectivity index (χ4n) is 3.28. The fraction of sp³-hybridized carbons (Fsp3) is 0.318. The van der Waals surface area contributed by atoms with Gasteiger partial charge in [-0.25, -0.2) is 0 Å². The van der Waals surface area contributed by atoms with Gasteiger partial charge < -0.3 is 13.9 Å². The lowest BCUT2D eigenvalue weighted by molar-refractivity contribution is 0.117. The minimum absolute atomic E-state index is 0.200. The molecule has 140 valence electrons. The molecule has 1 fully saturated rings. The second-order valence-corrected chi connectivity index (χ2v) is 7.01. The Balaban J connectivity index is 1.82. The molecule has 4 nitrogen and oxygen atoms in total. The molecule has 0 amide bonds. The summed E-state index contributed by atoms with van der Waals surface area (Å²) >= 11 is 6.02. The Bertz CT molecular complexity index is 989. The summed E-state index contributed by atoms with van der Waals surface area (Å²) in [6.07, 6.45) is 2.37. The van der Waals surface area contributed by atoms with Crippen LogP contribution in [0.25, 0.3) is 22.3 Å². The van der Waals surface area contributed by atoms with Crippen molar-refractivity contribution in [3.8, 4) is 17.1 Å². The van der Waals surface area contributed by atoms with Gasteiger partial charge in [-0.1, -0.05) is 11.6 Å². The topological polar surface area (TPSA) is 44.0 Å². The number of hydrogen-bond donors (Lipinski definition) is 0. The third-order valence-corrected chi connectivity index (χ3v) is 4.90. The van der Waals surface area contributed by atoms with Gasteiger partial charge in [0.05, 0.1) is 24.6 Å². The lowest BCUT2D eigenvalue weighted by atomic mass is 10.1. The Labute approximate surface area is 163 Å². The SMILES string of the molecule is CCOc1ccc2oc(-c3ccc(Cl)cc3)cc(=NCC3CCCO3)c2c1. The number of rotatable bonds is 5. The van der Waals surface area contributed by atoms with Crippen LogP contribution in [0.15, 0.2) is 57.9 Å². The molecule has 0 aliphatic carbocycles. The van der Waals surface area contributed by atoms with E-state index in [1.165, 1.54) is 0 Å². The van der Waals surface area contributed by atoms with Crippen LogP contribution in [0, 0.1) is 0 Å². The highest BCUT2D eigenvalue weighted by Gasteiger charge is 2.15. The number of ether oxygens (including phenoxy) is 2. The molecular weight excluding hydrogens is 362 g/mol. The fourth-order valence-corrected chi connectivity index (χ4v) is 3.41. The predicted octanol–water partition coefficient (Wildman–Crippen LogP) is 5.23. The Morgan fingerprint density at radius 2 is 2.00 bits per heavy atom. The minimum atomic E-state index is 0.200. The molecule has 27 heavy (non-hydrogen) atoms. The molecule has 5 heteroatoms. The summed E-state index contributed by atoms with van der Waals surface area (Å²) < 4.78 is 17.5. The summed E-state index contributed by atoms with van der Waals surface area (Å²) in [5, 5.41) is 2.53. The minimum Gasteiger partial charge on any atom is -0.494 e. The number of nitrogens with zero attached hydrogens (tertiary/aromatic N) is 1. The molecule has 1 aliphatic heterocycles. The molecule has 1 aliphatic rings. The van der Waals surface area contributed by atoms with Gasteiger partial charge in [0, 0.05) is 28.6 Å². The first-order valence-corrected chi connectivity index (χ1v) is 9.69. The van der Waals surface area contributed by atoms with Crippen molar-refractivity contribution in [3.05, 3.63) is 58.9 Å². The van der Waals surface area contributed by atoms with E-state index >= 15 is 0 Å². The van der Waals surface area contributed by atoms with Crippen LogP contribution in [-0.2, 0) is 4.74 Å². The second-order valence-electron chi connectivity index (χ2n) is 6.57. The smallest absolute Gasteiger partial charge is 0.137 e. The van der Waals surface area contributed by atoms with Crippen LogP contribution in [0.1, 0.15) is 19.8 Å². The number of fused-ring (bicyclic) bond motifs is 1. The van der Waals surface area contributed by atoms with E-state index in [1.807, 2.05) is 55.5 Å². The first-order chi connectivity index (χ1) is 13.2. The molecule has 1 aromatic heterocycles. The summed E-state index contributed by atoms with van der Waals surface area (Å²) in [4.78, 5) is 4.85. The van der Waals surface area contributed by atoms with E-state index in [1.54, 1.807) is 0 Å². The number of hydrogen-bond acceptors (Lipinski definition) is 4. The third-order valence-electron chi connectivity index (χ3n) is 4.64. The molecule has 0 radical (unpaired) electrons. The molecule has 4 rings (SSSR count). The molecule has 0 saturated carbocycles.